The lowest BCUT2D eigenvalue weighted by Crippen LogP contribution is -2.38. The number of hydrogen-bond donors (Lipinski definition) is 1. The third kappa shape index (κ3) is 5.34. The molecule has 0 bridgehead atoms. The predicted octanol–water partition coefficient (Wildman–Crippen LogP) is 5.01. The molecule has 1 aliphatic carbocycles. The van der Waals surface area contributed by atoms with Gasteiger partial charge in [0.25, 0.3) is 0 Å². The molecule has 0 spiro atoms. The summed E-state index contributed by atoms with van der Waals surface area (Å²) in [6.07, 6.45) is 5.81. The molecule has 0 unspecified atom stereocenters. The third-order valence-electron chi connectivity index (χ3n) is 6.25. The van der Waals surface area contributed by atoms with Crippen LogP contribution in [0.2, 0.25) is 0 Å². The number of amides is 1. The van der Waals surface area contributed by atoms with Gasteiger partial charge >= 0.3 is 0 Å². The first-order valence-electron chi connectivity index (χ1n) is 11.4. The molecule has 2 aliphatic rings. The van der Waals surface area contributed by atoms with Gasteiger partial charge in [0, 0.05) is 30.1 Å². The van der Waals surface area contributed by atoms with Gasteiger partial charge in [-0.15, -0.1) is 0 Å². The molecule has 1 aromatic carbocycles. The number of pyridine rings is 1. The number of nitrogens with zero attached hydrogens (tertiary/aromatic N) is 3. The Balaban J connectivity index is 0.000000207. The number of rotatable bonds is 3. The summed E-state index contributed by atoms with van der Waals surface area (Å²) in [5.41, 5.74) is 4.13. The van der Waals surface area contributed by atoms with E-state index in [9.17, 15) is 9.18 Å². The van der Waals surface area contributed by atoms with Gasteiger partial charge in [-0.2, -0.15) is 5.26 Å². The van der Waals surface area contributed by atoms with E-state index in [1.807, 2.05) is 17.9 Å². The van der Waals surface area contributed by atoms with E-state index in [0.29, 0.717) is 12.5 Å². The molecule has 1 saturated carbocycles. The molecule has 1 N–H and O–H groups in total. The lowest BCUT2D eigenvalue weighted by Gasteiger charge is -2.27. The average Bonchev–Trinajstić information content (AvgIpc) is 3.06. The van der Waals surface area contributed by atoms with Crippen LogP contribution in [0.5, 0.6) is 0 Å². The van der Waals surface area contributed by atoms with Crippen LogP contribution in [0, 0.1) is 30.0 Å². The SMILES string of the molecule is CNCc1ccc(F)c(C#N)c1.Cc1ccc2c(n1)C(C)(C)CN2C(=O)C1CCCCC1. The molecule has 1 aromatic heterocycles. The molecule has 1 amide bonds. The predicted molar refractivity (Wildman–Crippen MR) is 125 cm³/mol. The van der Waals surface area contributed by atoms with Crippen molar-refractivity contribution in [2.75, 3.05) is 18.5 Å². The number of carbonyl (C=O) groups is 1. The Bertz CT molecular complexity index is 1010. The summed E-state index contributed by atoms with van der Waals surface area (Å²) in [5, 5.41) is 11.4. The zero-order valence-electron chi connectivity index (χ0n) is 19.5. The fraction of sp³-hybridized carbons (Fsp3) is 0.500. The summed E-state index contributed by atoms with van der Waals surface area (Å²) in [5.74, 6) is 0.0892. The highest BCUT2D eigenvalue weighted by Crippen LogP contribution is 2.41. The van der Waals surface area contributed by atoms with Crippen LogP contribution in [0.4, 0.5) is 10.1 Å². The molecular weight excluding hydrogens is 403 g/mol. The minimum Gasteiger partial charge on any atom is -0.316 e. The Kier molecular flexibility index (Phi) is 7.63. The van der Waals surface area contributed by atoms with E-state index in [2.05, 4.69) is 25.2 Å². The highest BCUT2D eigenvalue weighted by Gasteiger charge is 2.41. The van der Waals surface area contributed by atoms with Crippen LogP contribution >= 0.6 is 0 Å². The molecule has 32 heavy (non-hydrogen) atoms. The van der Waals surface area contributed by atoms with Crippen molar-refractivity contribution in [1.29, 1.82) is 5.26 Å². The number of halogens is 1. The van der Waals surface area contributed by atoms with Crippen molar-refractivity contribution < 1.29 is 9.18 Å². The number of aryl methyl sites for hydroxylation is 1. The monoisotopic (exact) mass is 436 g/mol. The van der Waals surface area contributed by atoms with E-state index in [1.165, 1.54) is 25.3 Å². The summed E-state index contributed by atoms with van der Waals surface area (Å²) in [7, 11) is 1.80. The van der Waals surface area contributed by atoms with Gasteiger partial charge in [0.15, 0.2) is 0 Å². The average molecular weight is 437 g/mol. The van der Waals surface area contributed by atoms with Crippen molar-refractivity contribution >= 4 is 11.6 Å². The summed E-state index contributed by atoms with van der Waals surface area (Å²) in [6, 6.07) is 10.4. The first-order valence-corrected chi connectivity index (χ1v) is 11.4. The molecule has 4 rings (SSSR count). The van der Waals surface area contributed by atoms with Crippen molar-refractivity contribution in [1.82, 2.24) is 10.3 Å². The first-order chi connectivity index (χ1) is 15.3. The molecule has 1 aliphatic heterocycles. The Labute approximate surface area is 190 Å². The van der Waals surface area contributed by atoms with Gasteiger partial charge in [-0.3, -0.25) is 9.78 Å². The molecule has 5 nitrogen and oxygen atoms in total. The fourth-order valence-electron chi connectivity index (χ4n) is 4.56. The van der Waals surface area contributed by atoms with E-state index in [-0.39, 0.29) is 16.9 Å². The quantitative estimate of drug-likeness (QED) is 0.734. The maximum absolute atomic E-state index is 12.8. The van der Waals surface area contributed by atoms with Crippen LogP contribution in [-0.4, -0.2) is 24.5 Å². The number of aromatic nitrogens is 1. The number of carbonyl (C=O) groups excluding carboxylic acids is 1. The van der Waals surface area contributed by atoms with E-state index in [4.69, 9.17) is 10.2 Å². The van der Waals surface area contributed by atoms with Crippen molar-refractivity contribution in [3.63, 3.8) is 0 Å². The van der Waals surface area contributed by atoms with Crippen molar-refractivity contribution in [3.8, 4) is 6.07 Å². The molecule has 0 atom stereocenters. The zero-order chi connectivity index (χ0) is 23.3. The van der Waals surface area contributed by atoms with Crippen LogP contribution in [-0.2, 0) is 16.8 Å². The van der Waals surface area contributed by atoms with Gasteiger partial charge in [0.05, 0.1) is 16.9 Å². The third-order valence-corrected chi connectivity index (χ3v) is 6.25. The van der Waals surface area contributed by atoms with Crippen LogP contribution in [0.1, 0.15) is 68.5 Å². The molecule has 0 radical (unpaired) electrons. The summed E-state index contributed by atoms with van der Waals surface area (Å²) < 4.78 is 12.8. The highest BCUT2D eigenvalue weighted by molar-refractivity contribution is 5.97. The summed E-state index contributed by atoms with van der Waals surface area (Å²) >= 11 is 0. The minimum absolute atomic E-state index is 0.0360. The Morgan fingerprint density at radius 2 is 1.97 bits per heavy atom. The normalized spacial score (nSPS) is 17.2. The van der Waals surface area contributed by atoms with Gasteiger partial charge in [-0.25, -0.2) is 4.39 Å². The molecule has 2 aromatic rings. The number of hydrogen-bond acceptors (Lipinski definition) is 4. The number of anilines is 1. The second-order valence-electron chi connectivity index (χ2n) is 9.42. The van der Waals surface area contributed by atoms with Crippen LogP contribution in [0.3, 0.4) is 0 Å². The zero-order valence-corrected chi connectivity index (χ0v) is 19.5. The number of nitriles is 1. The van der Waals surface area contributed by atoms with Gasteiger partial charge in [0.2, 0.25) is 5.91 Å². The van der Waals surface area contributed by atoms with E-state index < -0.39 is 5.82 Å². The van der Waals surface area contributed by atoms with E-state index in [1.54, 1.807) is 25.2 Å². The Hall–Kier alpha value is -2.78. The van der Waals surface area contributed by atoms with Gasteiger partial charge in [-0.1, -0.05) is 39.2 Å². The summed E-state index contributed by atoms with van der Waals surface area (Å²) in [4.78, 5) is 19.5. The van der Waals surface area contributed by atoms with Crippen LogP contribution in [0.25, 0.3) is 0 Å². The topological polar surface area (TPSA) is 69.0 Å². The van der Waals surface area contributed by atoms with E-state index >= 15 is 0 Å². The lowest BCUT2D eigenvalue weighted by atomic mass is 9.88. The Morgan fingerprint density at radius 1 is 1.25 bits per heavy atom. The van der Waals surface area contributed by atoms with Crippen molar-refractivity contribution in [2.24, 2.45) is 5.92 Å². The number of benzene rings is 1. The minimum atomic E-state index is -0.461. The van der Waals surface area contributed by atoms with E-state index in [0.717, 1.165) is 42.0 Å². The number of fused-ring (bicyclic) bond motifs is 1. The van der Waals surface area contributed by atoms with Gasteiger partial charge < -0.3 is 10.2 Å². The van der Waals surface area contributed by atoms with Crippen LogP contribution in [0.15, 0.2) is 30.3 Å². The summed E-state index contributed by atoms with van der Waals surface area (Å²) in [6.45, 7) is 7.81. The molecule has 170 valence electrons. The fourth-order valence-corrected chi connectivity index (χ4v) is 4.56. The van der Waals surface area contributed by atoms with Gasteiger partial charge in [-0.05, 0) is 56.6 Å². The van der Waals surface area contributed by atoms with Crippen molar-refractivity contribution in [3.05, 3.63) is 58.7 Å². The number of nitrogens with one attached hydrogen (secondary N) is 1. The molecule has 6 heteroatoms. The van der Waals surface area contributed by atoms with Crippen LogP contribution < -0.4 is 10.2 Å². The second-order valence-corrected chi connectivity index (χ2v) is 9.42. The largest absolute Gasteiger partial charge is 0.316 e. The van der Waals surface area contributed by atoms with Gasteiger partial charge in [0.1, 0.15) is 11.9 Å². The molecule has 2 heterocycles. The maximum Gasteiger partial charge on any atom is 0.230 e. The lowest BCUT2D eigenvalue weighted by molar-refractivity contribution is -0.123. The maximum atomic E-state index is 12.8. The molecular formula is C26H33FN4O. The molecule has 0 saturated heterocycles. The van der Waals surface area contributed by atoms with Crippen molar-refractivity contribution in [2.45, 2.75) is 64.8 Å². The standard InChI is InChI=1S/C17H24N2O.C9H9FN2/c1-12-9-10-14-15(18-12)17(2,3)11-19(14)16(20)13-7-5-4-6-8-13;1-12-6-7-2-3-9(10)8(4-7)5-11/h9-10,13H,4-8,11H2,1-3H3;2-4,12H,6H2,1H3. The molecule has 1 fully saturated rings. The second kappa shape index (κ2) is 10.2. The smallest absolute Gasteiger partial charge is 0.230 e. The first kappa shape index (κ1) is 23.9. The Morgan fingerprint density at radius 3 is 2.62 bits per heavy atom. The highest BCUT2D eigenvalue weighted by atomic mass is 19.1.